The molecule has 0 atom stereocenters. The average Bonchev–Trinajstić information content (AvgIpc) is 3.00. The predicted molar refractivity (Wildman–Crippen MR) is 81.2 cm³/mol. The Labute approximate surface area is 121 Å². The second-order valence-corrected chi connectivity index (χ2v) is 6.08. The van der Waals surface area contributed by atoms with Crippen molar-refractivity contribution in [3.63, 3.8) is 0 Å². The van der Waals surface area contributed by atoms with Gasteiger partial charge < -0.3 is 10.3 Å². The summed E-state index contributed by atoms with van der Waals surface area (Å²) in [6.45, 7) is 2.70. The molecule has 0 fully saturated rings. The van der Waals surface area contributed by atoms with Crippen LogP contribution in [-0.4, -0.2) is 15.5 Å². The molecule has 0 bridgehead atoms. The van der Waals surface area contributed by atoms with E-state index in [0.29, 0.717) is 23.1 Å². The van der Waals surface area contributed by atoms with Crippen molar-refractivity contribution in [2.24, 2.45) is 0 Å². The van der Waals surface area contributed by atoms with Crippen molar-refractivity contribution >= 4 is 28.1 Å². The summed E-state index contributed by atoms with van der Waals surface area (Å²) < 4.78 is 1.85. The van der Waals surface area contributed by atoms with E-state index < -0.39 is 0 Å². The minimum atomic E-state index is -0.144. The van der Waals surface area contributed by atoms with Gasteiger partial charge in [-0.25, -0.2) is 4.98 Å². The minimum Gasteiger partial charge on any atom is -0.397 e. The number of thiazole rings is 1. The van der Waals surface area contributed by atoms with Gasteiger partial charge in [-0.05, 0) is 38.7 Å². The fourth-order valence-electron chi connectivity index (χ4n) is 2.55. The number of amides is 1. The van der Waals surface area contributed by atoms with Crippen molar-refractivity contribution in [1.29, 1.82) is 0 Å². The number of carbonyl (C=O) groups excluding carboxylic acids is 1. The normalized spacial score (nSPS) is 14.1. The highest BCUT2D eigenvalue weighted by Gasteiger charge is 2.18. The van der Waals surface area contributed by atoms with E-state index in [4.69, 9.17) is 5.73 Å². The largest absolute Gasteiger partial charge is 0.397 e. The molecule has 5 nitrogen and oxygen atoms in total. The fraction of sp³-hybridized carbons (Fsp3) is 0.429. The van der Waals surface area contributed by atoms with Gasteiger partial charge in [0.2, 0.25) is 0 Å². The maximum Gasteiger partial charge on any atom is 0.274 e. The molecule has 1 aliphatic rings. The zero-order valence-corrected chi connectivity index (χ0v) is 12.3. The van der Waals surface area contributed by atoms with E-state index in [1.807, 2.05) is 11.5 Å². The Morgan fingerprint density at radius 2 is 2.30 bits per heavy atom. The number of hydrogen-bond acceptors (Lipinski definition) is 4. The SMILES string of the molecule is CCn1cc(N)cc1C(=O)Nc1nc2c(s1)CCCC2. The molecule has 0 aliphatic heterocycles. The third kappa shape index (κ3) is 2.43. The molecule has 0 aromatic carbocycles. The number of aromatic nitrogens is 2. The van der Waals surface area contributed by atoms with Crippen molar-refractivity contribution in [3.8, 4) is 0 Å². The smallest absolute Gasteiger partial charge is 0.274 e. The number of nitrogens with zero attached hydrogens (tertiary/aromatic N) is 2. The molecule has 0 unspecified atom stereocenters. The summed E-state index contributed by atoms with van der Waals surface area (Å²) >= 11 is 1.60. The van der Waals surface area contributed by atoms with Crippen LogP contribution in [-0.2, 0) is 19.4 Å². The maximum absolute atomic E-state index is 12.3. The number of nitrogens with two attached hydrogens (primary N) is 1. The highest BCUT2D eigenvalue weighted by Crippen LogP contribution is 2.29. The van der Waals surface area contributed by atoms with Crippen molar-refractivity contribution in [2.75, 3.05) is 11.1 Å². The summed E-state index contributed by atoms with van der Waals surface area (Å²) in [7, 11) is 0. The summed E-state index contributed by atoms with van der Waals surface area (Å²) in [5, 5.41) is 3.59. The van der Waals surface area contributed by atoms with Crippen molar-refractivity contribution < 1.29 is 4.79 Å². The van der Waals surface area contributed by atoms with Gasteiger partial charge in [0.1, 0.15) is 5.69 Å². The molecule has 2 aromatic heterocycles. The number of nitrogens with one attached hydrogen (secondary N) is 1. The number of hydrogen-bond donors (Lipinski definition) is 2. The fourth-order valence-corrected chi connectivity index (χ4v) is 3.60. The highest BCUT2D eigenvalue weighted by molar-refractivity contribution is 7.15. The number of anilines is 2. The van der Waals surface area contributed by atoms with E-state index in [1.54, 1.807) is 23.6 Å². The van der Waals surface area contributed by atoms with Gasteiger partial charge in [0.25, 0.3) is 5.91 Å². The molecule has 1 amide bonds. The molecule has 2 aromatic rings. The van der Waals surface area contributed by atoms with Crippen LogP contribution in [0.25, 0.3) is 0 Å². The first-order valence-electron chi connectivity index (χ1n) is 6.93. The first-order valence-corrected chi connectivity index (χ1v) is 7.74. The van der Waals surface area contributed by atoms with Gasteiger partial charge in [-0.2, -0.15) is 0 Å². The van der Waals surface area contributed by atoms with Gasteiger partial charge in [-0.3, -0.25) is 10.1 Å². The summed E-state index contributed by atoms with van der Waals surface area (Å²) in [6.07, 6.45) is 6.31. The summed E-state index contributed by atoms with van der Waals surface area (Å²) in [4.78, 5) is 18.1. The van der Waals surface area contributed by atoms with E-state index in [-0.39, 0.29) is 5.91 Å². The Morgan fingerprint density at radius 1 is 1.50 bits per heavy atom. The Balaban J connectivity index is 1.80. The molecule has 6 heteroatoms. The van der Waals surface area contributed by atoms with E-state index in [1.165, 1.54) is 17.7 Å². The van der Waals surface area contributed by atoms with Crippen LogP contribution < -0.4 is 11.1 Å². The van der Waals surface area contributed by atoms with Crippen molar-refractivity contribution in [1.82, 2.24) is 9.55 Å². The molecular formula is C14H18N4OS. The monoisotopic (exact) mass is 290 g/mol. The Hall–Kier alpha value is -1.82. The Kier molecular flexibility index (Phi) is 3.48. The molecule has 3 rings (SSSR count). The number of aryl methyl sites for hydroxylation is 3. The molecule has 0 saturated carbocycles. The van der Waals surface area contributed by atoms with Gasteiger partial charge in [0.05, 0.1) is 11.4 Å². The van der Waals surface area contributed by atoms with Crippen LogP contribution in [0.1, 0.15) is 40.8 Å². The molecule has 106 valence electrons. The quantitative estimate of drug-likeness (QED) is 0.912. The van der Waals surface area contributed by atoms with Crippen LogP contribution in [0.15, 0.2) is 12.3 Å². The number of carbonyl (C=O) groups is 1. The summed E-state index contributed by atoms with van der Waals surface area (Å²) in [6, 6.07) is 1.70. The zero-order chi connectivity index (χ0) is 14.1. The van der Waals surface area contributed by atoms with E-state index in [9.17, 15) is 4.79 Å². The highest BCUT2D eigenvalue weighted by atomic mass is 32.1. The van der Waals surface area contributed by atoms with Crippen LogP contribution in [0, 0.1) is 0 Å². The topological polar surface area (TPSA) is 72.9 Å². The molecule has 1 aliphatic carbocycles. The van der Waals surface area contributed by atoms with Crippen LogP contribution >= 0.6 is 11.3 Å². The lowest BCUT2D eigenvalue weighted by atomic mass is 10.0. The third-order valence-corrected chi connectivity index (χ3v) is 4.63. The Bertz CT molecular complexity index is 620. The number of rotatable bonds is 3. The Morgan fingerprint density at radius 3 is 3.05 bits per heavy atom. The van der Waals surface area contributed by atoms with Crippen LogP contribution in [0.3, 0.4) is 0 Å². The van der Waals surface area contributed by atoms with Crippen molar-refractivity contribution in [2.45, 2.75) is 39.2 Å². The lowest BCUT2D eigenvalue weighted by Gasteiger charge is -2.06. The first-order chi connectivity index (χ1) is 9.67. The second kappa shape index (κ2) is 5.28. The van der Waals surface area contributed by atoms with E-state index >= 15 is 0 Å². The van der Waals surface area contributed by atoms with Crippen LogP contribution in [0.2, 0.25) is 0 Å². The second-order valence-electron chi connectivity index (χ2n) is 4.99. The number of fused-ring (bicyclic) bond motifs is 1. The minimum absolute atomic E-state index is 0.144. The molecule has 0 saturated heterocycles. The van der Waals surface area contributed by atoms with Crippen LogP contribution in [0.4, 0.5) is 10.8 Å². The maximum atomic E-state index is 12.3. The lowest BCUT2D eigenvalue weighted by molar-refractivity contribution is 0.101. The van der Waals surface area contributed by atoms with Gasteiger partial charge in [-0.1, -0.05) is 0 Å². The van der Waals surface area contributed by atoms with Gasteiger partial charge in [0, 0.05) is 17.6 Å². The van der Waals surface area contributed by atoms with Gasteiger partial charge >= 0.3 is 0 Å². The molecule has 20 heavy (non-hydrogen) atoms. The van der Waals surface area contributed by atoms with Gasteiger partial charge in [-0.15, -0.1) is 11.3 Å². The number of nitrogen functional groups attached to an aromatic ring is 1. The zero-order valence-electron chi connectivity index (χ0n) is 11.5. The standard InChI is InChI=1S/C14H18N4OS/c1-2-18-8-9(15)7-11(18)13(19)17-14-16-10-5-3-4-6-12(10)20-14/h7-8H,2-6,15H2,1H3,(H,16,17,19). The summed E-state index contributed by atoms with van der Waals surface area (Å²) in [5.74, 6) is -0.144. The third-order valence-electron chi connectivity index (χ3n) is 3.56. The molecule has 0 spiro atoms. The predicted octanol–water partition coefficient (Wildman–Crippen LogP) is 2.68. The van der Waals surface area contributed by atoms with Crippen molar-refractivity contribution in [3.05, 3.63) is 28.5 Å². The lowest BCUT2D eigenvalue weighted by Crippen LogP contribution is -2.16. The first kappa shape index (κ1) is 13.2. The molecule has 3 N–H and O–H groups in total. The van der Waals surface area contributed by atoms with Gasteiger partial charge in [0.15, 0.2) is 5.13 Å². The molecule has 2 heterocycles. The molecular weight excluding hydrogens is 272 g/mol. The molecule has 0 radical (unpaired) electrons. The van der Waals surface area contributed by atoms with Crippen LogP contribution in [0.5, 0.6) is 0 Å². The average molecular weight is 290 g/mol. The van der Waals surface area contributed by atoms with E-state index in [2.05, 4.69) is 10.3 Å². The summed E-state index contributed by atoms with van der Waals surface area (Å²) in [5.41, 5.74) is 8.09. The van der Waals surface area contributed by atoms with E-state index in [0.717, 1.165) is 18.5 Å².